The summed E-state index contributed by atoms with van der Waals surface area (Å²) in [6.45, 7) is 18.7. The molecule has 0 saturated heterocycles. The lowest BCUT2D eigenvalue weighted by Crippen LogP contribution is -2.42. The highest BCUT2D eigenvalue weighted by atomic mass is 28.4. The fourth-order valence-electron chi connectivity index (χ4n) is 3.29. The van der Waals surface area contributed by atoms with E-state index in [0.717, 1.165) is 31.4 Å². The van der Waals surface area contributed by atoms with Gasteiger partial charge in [0, 0.05) is 6.61 Å². The van der Waals surface area contributed by atoms with Crippen molar-refractivity contribution in [2.75, 3.05) is 6.61 Å². The predicted octanol–water partition coefficient (Wildman–Crippen LogP) is 5.50. The van der Waals surface area contributed by atoms with E-state index < -0.39 is 8.32 Å². The number of hydrogen-bond acceptors (Lipinski definition) is 3. The highest BCUT2D eigenvalue weighted by Gasteiger charge is 2.37. The van der Waals surface area contributed by atoms with E-state index in [4.69, 9.17) is 9.26 Å². The molecule has 1 atom stereocenters. The zero-order chi connectivity index (χ0) is 21.2. The van der Waals surface area contributed by atoms with Gasteiger partial charge in [-0.2, -0.15) is 0 Å². The van der Waals surface area contributed by atoms with E-state index in [1.807, 2.05) is 20.8 Å². The van der Waals surface area contributed by atoms with Gasteiger partial charge >= 0.3 is 0 Å². The van der Waals surface area contributed by atoms with E-state index in [-0.39, 0.29) is 10.6 Å². The van der Waals surface area contributed by atoms with Crippen molar-refractivity contribution in [1.29, 1.82) is 0 Å². The second-order valence-electron chi connectivity index (χ2n) is 10.7. The van der Waals surface area contributed by atoms with E-state index in [2.05, 4.69) is 52.1 Å². The van der Waals surface area contributed by atoms with Crippen LogP contribution in [0.15, 0.2) is 18.2 Å². The largest absolute Gasteiger partial charge is 0.417 e. The van der Waals surface area contributed by atoms with Crippen molar-refractivity contribution in [3.05, 3.63) is 34.9 Å². The van der Waals surface area contributed by atoms with Crippen molar-refractivity contribution in [1.82, 2.24) is 5.06 Å². The molecule has 4 nitrogen and oxygen atoms in total. The Hall–Kier alpha value is -1.17. The van der Waals surface area contributed by atoms with E-state index in [9.17, 15) is 4.79 Å². The topological polar surface area (TPSA) is 38.8 Å². The molecule has 1 amide bonds. The Morgan fingerprint density at radius 2 is 1.82 bits per heavy atom. The third-order valence-electron chi connectivity index (χ3n) is 5.93. The van der Waals surface area contributed by atoms with Gasteiger partial charge in [0.2, 0.25) is 6.41 Å². The maximum Gasteiger partial charge on any atom is 0.233 e. The van der Waals surface area contributed by atoms with Crippen LogP contribution in [-0.2, 0) is 33.4 Å². The lowest BCUT2D eigenvalue weighted by Gasteiger charge is -2.38. The van der Waals surface area contributed by atoms with Crippen LogP contribution < -0.4 is 0 Å². The second-order valence-corrected chi connectivity index (χ2v) is 15.5. The number of rotatable bonds is 7. The molecule has 0 aromatic heterocycles. The first-order valence-electron chi connectivity index (χ1n) is 10.5. The van der Waals surface area contributed by atoms with Crippen LogP contribution in [-0.4, -0.2) is 32.0 Å². The van der Waals surface area contributed by atoms with E-state index in [1.165, 1.54) is 22.6 Å². The van der Waals surface area contributed by atoms with Crippen molar-refractivity contribution < 1.29 is 14.1 Å². The summed E-state index contributed by atoms with van der Waals surface area (Å²) in [7, 11) is -1.68. The lowest BCUT2D eigenvalue weighted by molar-refractivity contribution is -0.220. The summed E-state index contributed by atoms with van der Waals surface area (Å²) in [4.78, 5) is 17.0. The van der Waals surface area contributed by atoms with Crippen LogP contribution >= 0.6 is 0 Å². The Morgan fingerprint density at radius 3 is 2.39 bits per heavy atom. The van der Waals surface area contributed by atoms with Crippen LogP contribution in [0.2, 0.25) is 18.1 Å². The average molecular weight is 406 g/mol. The molecule has 28 heavy (non-hydrogen) atoms. The molecule has 158 valence electrons. The Kier molecular flexibility index (Phi) is 7.16. The predicted molar refractivity (Wildman–Crippen MR) is 118 cm³/mol. The van der Waals surface area contributed by atoms with E-state index in [1.54, 1.807) is 0 Å². The number of carbonyl (C=O) groups excluding carboxylic acids is 1. The highest BCUT2D eigenvalue weighted by Crippen LogP contribution is 2.37. The molecular weight excluding hydrogens is 366 g/mol. The Labute approximate surface area is 172 Å². The smallest absolute Gasteiger partial charge is 0.233 e. The minimum Gasteiger partial charge on any atom is -0.417 e. The normalized spacial score (nSPS) is 17.9. The summed E-state index contributed by atoms with van der Waals surface area (Å²) in [5.41, 5.74) is 3.56. The first-order valence-corrected chi connectivity index (χ1v) is 13.4. The van der Waals surface area contributed by atoms with Crippen LogP contribution in [0.1, 0.15) is 64.7 Å². The average Bonchev–Trinajstić information content (AvgIpc) is 2.57. The van der Waals surface area contributed by atoms with Crippen molar-refractivity contribution in [2.45, 2.75) is 91.1 Å². The quantitative estimate of drug-likeness (QED) is 0.341. The number of carbonyl (C=O) groups is 1. The lowest BCUT2D eigenvalue weighted by atomic mass is 9.83. The first-order chi connectivity index (χ1) is 12.8. The van der Waals surface area contributed by atoms with Gasteiger partial charge in [0.15, 0.2) is 8.32 Å². The van der Waals surface area contributed by atoms with Crippen LogP contribution in [0.5, 0.6) is 0 Å². The number of benzene rings is 1. The molecule has 0 aliphatic heterocycles. The molecule has 1 aliphatic carbocycles. The Bertz CT molecular complexity index is 673. The summed E-state index contributed by atoms with van der Waals surface area (Å²) in [5, 5.41) is 1.65. The molecule has 0 bridgehead atoms. The Morgan fingerprint density at radius 1 is 1.14 bits per heavy atom. The second kappa shape index (κ2) is 8.68. The molecule has 0 spiro atoms. The van der Waals surface area contributed by atoms with Crippen molar-refractivity contribution >= 4 is 14.7 Å². The first kappa shape index (κ1) is 23.1. The van der Waals surface area contributed by atoms with Crippen LogP contribution in [0.4, 0.5) is 0 Å². The molecule has 1 aromatic carbocycles. The summed E-state index contributed by atoms with van der Waals surface area (Å²) < 4.78 is 6.46. The molecule has 0 radical (unpaired) electrons. The minimum atomic E-state index is -1.68. The van der Waals surface area contributed by atoms with Gasteiger partial charge in [-0.1, -0.05) is 39.0 Å². The number of aryl methyl sites for hydroxylation is 1. The fourth-order valence-corrected chi connectivity index (χ4v) is 4.38. The minimum absolute atomic E-state index is 0.258. The van der Waals surface area contributed by atoms with Crippen molar-refractivity contribution in [3.63, 3.8) is 0 Å². The number of amides is 1. The SMILES string of the molecule is CC(C)(C)ON(C=O)Cc1ccc2c(c1)CC[C@H](CO[Si](C)(C)C(C)(C)C)C2. The van der Waals surface area contributed by atoms with Gasteiger partial charge in [-0.25, -0.2) is 5.06 Å². The van der Waals surface area contributed by atoms with Gasteiger partial charge in [0.25, 0.3) is 0 Å². The number of nitrogens with zero attached hydrogens (tertiary/aromatic N) is 1. The van der Waals surface area contributed by atoms with Crippen LogP contribution in [0.25, 0.3) is 0 Å². The van der Waals surface area contributed by atoms with Gasteiger partial charge in [0.1, 0.15) is 0 Å². The van der Waals surface area contributed by atoms with Gasteiger partial charge < -0.3 is 4.43 Å². The van der Waals surface area contributed by atoms with Gasteiger partial charge in [0.05, 0.1) is 12.1 Å². The molecule has 0 unspecified atom stereocenters. The maximum absolute atomic E-state index is 11.3. The van der Waals surface area contributed by atoms with Gasteiger partial charge in [-0.3, -0.25) is 9.63 Å². The monoisotopic (exact) mass is 405 g/mol. The van der Waals surface area contributed by atoms with Gasteiger partial charge in [-0.05, 0) is 80.8 Å². The molecule has 1 aromatic rings. The van der Waals surface area contributed by atoms with Crippen LogP contribution in [0.3, 0.4) is 0 Å². The third-order valence-corrected chi connectivity index (χ3v) is 10.4. The number of hydrogen-bond donors (Lipinski definition) is 0. The Balaban J connectivity index is 1.97. The summed E-state index contributed by atoms with van der Waals surface area (Å²) in [6.07, 6.45) is 4.09. The van der Waals surface area contributed by atoms with E-state index >= 15 is 0 Å². The molecule has 5 heteroatoms. The van der Waals surface area contributed by atoms with Crippen molar-refractivity contribution in [3.8, 4) is 0 Å². The van der Waals surface area contributed by atoms with Crippen LogP contribution in [0, 0.1) is 5.92 Å². The fraction of sp³-hybridized carbons (Fsp3) is 0.696. The zero-order valence-corrected chi connectivity index (χ0v) is 20.1. The molecule has 0 fully saturated rings. The summed E-state index contributed by atoms with van der Waals surface area (Å²) in [5.74, 6) is 0.600. The maximum atomic E-state index is 11.3. The number of hydroxylamine groups is 2. The number of fused-ring (bicyclic) bond motifs is 1. The molecule has 1 aliphatic rings. The standard InChI is InChI=1S/C23H39NO3Si/c1-22(2,3)27-24(17-25)15-18-9-11-21-14-19(10-12-20(21)13-18)16-26-28(7,8)23(4,5)6/h9,11,13,17,19H,10,12,14-16H2,1-8H3/t19-/m0/s1. The van der Waals surface area contributed by atoms with Gasteiger partial charge in [-0.15, -0.1) is 0 Å². The highest BCUT2D eigenvalue weighted by molar-refractivity contribution is 6.74. The van der Waals surface area contributed by atoms with E-state index in [0.29, 0.717) is 12.5 Å². The molecule has 0 N–H and O–H groups in total. The molecule has 2 rings (SSSR count). The third kappa shape index (κ3) is 6.43. The molecular formula is C23H39NO3Si. The molecule has 0 saturated carbocycles. The zero-order valence-electron chi connectivity index (χ0n) is 19.1. The summed E-state index contributed by atoms with van der Waals surface area (Å²) in [6, 6.07) is 6.59. The summed E-state index contributed by atoms with van der Waals surface area (Å²) >= 11 is 0. The van der Waals surface area contributed by atoms with Crippen molar-refractivity contribution in [2.24, 2.45) is 5.92 Å². The molecule has 0 heterocycles.